The number of rotatable bonds is 6. The quantitative estimate of drug-likeness (QED) is 0.790. The monoisotopic (exact) mass is 294 g/mol. The van der Waals surface area contributed by atoms with Gasteiger partial charge in [0, 0.05) is 12.1 Å². The van der Waals surface area contributed by atoms with Crippen LogP contribution >= 0.6 is 11.8 Å². The number of thioether (sulfide) groups is 1. The van der Waals surface area contributed by atoms with Gasteiger partial charge in [-0.3, -0.25) is 0 Å². The molecule has 0 aliphatic heterocycles. The van der Waals surface area contributed by atoms with Gasteiger partial charge in [-0.25, -0.2) is 9.97 Å². The van der Waals surface area contributed by atoms with Crippen molar-refractivity contribution in [2.75, 3.05) is 22.6 Å². The Labute approximate surface area is 114 Å². The molecule has 0 aliphatic carbocycles. The van der Waals surface area contributed by atoms with Crippen molar-refractivity contribution in [2.24, 2.45) is 0 Å². The van der Waals surface area contributed by atoms with E-state index < -0.39 is 12.0 Å². The van der Waals surface area contributed by atoms with Gasteiger partial charge in [0.1, 0.15) is 11.6 Å². The van der Waals surface area contributed by atoms with Crippen LogP contribution in [-0.4, -0.2) is 27.5 Å². The van der Waals surface area contributed by atoms with Crippen LogP contribution in [0.1, 0.15) is 26.1 Å². The molecule has 0 saturated heterocycles. The molecule has 0 bridgehead atoms. The molecule has 19 heavy (non-hydrogen) atoms. The van der Waals surface area contributed by atoms with Crippen LogP contribution in [0.2, 0.25) is 0 Å². The Balaban J connectivity index is 2.70. The summed E-state index contributed by atoms with van der Waals surface area (Å²) in [5.74, 6) is 0.655. The molecular weight excluding hydrogens is 277 g/mol. The summed E-state index contributed by atoms with van der Waals surface area (Å²) in [6, 6.07) is 1.33. The third-order valence-corrected chi connectivity index (χ3v) is 3.23. The van der Waals surface area contributed by atoms with E-state index in [4.69, 9.17) is 5.73 Å². The summed E-state index contributed by atoms with van der Waals surface area (Å²) >= 11 is 1.78. The third-order valence-electron chi connectivity index (χ3n) is 2.29. The first-order valence-electron chi connectivity index (χ1n) is 5.89. The van der Waals surface area contributed by atoms with Gasteiger partial charge in [0.2, 0.25) is 5.82 Å². The van der Waals surface area contributed by atoms with E-state index in [0.717, 1.165) is 17.9 Å². The number of aromatic nitrogens is 2. The molecule has 1 unspecified atom stereocenters. The molecule has 0 amide bonds. The molecule has 0 radical (unpaired) electrons. The van der Waals surface area contributed by atoms with Gasteiger partial charge in [0.05, 0.1) is 0 Å². The fourth-order valence-electron chi connectivity index (χ4n) is 1.40. The van der Waals surface area contributed by atoms with Crippen molar-refractivity contribution < 1.29 is 13.2 Å². The molecule has 4 nitrogen and oxygen atoms in total. The highest BCUT2D eigenvalue weighted by atomic mass is 32.2. The van der Waals surface area contributed by atoms with Gasteiger partial charge in [-0.1, -0.05) is 6.92 Å². The van der Waals surface area contributed by atoms with Crippen LogP contribution in [0, 0.1) is 0 Å². The van der Waals surface area contributed by atoms with Crippen LogP contribution in [0.4, 0.5) is 24.8 Å². The highest BCUT2D eigenvalue weighted by molar-refractivity contribution is 7.99. The molecule has 1 aromatic heterocycles. The number of nitrogens with one attached hydrogen (secondary N) is 1. The average Bonchev–Trinajstić information content (AvgIpc) is 2.27. The standard InChI is InChI=1S/C11H17F3N4S/c1-3-19-5-4-7(2)16-9-6-8(15)17-10(18-9)11(12,13)14/h6-7H,3-5H2,1-2H3,(H3,15,16,17,18). The lowest BCUT2D eigenvalue weighted by Gasteiger charge is -2.15. The summed E-state index contributed by atoms with van der Waals surface area (Å²) in [5.41, 5.74) is 5.36. The molecule has 8 heteroatoms. The van der Waals surface area contributed by atoms with E-state index >= 15 is 0 Å². The molecule has 1 heterocycles. The lowest BCUT2D eigenvalue weighted by Crippen LogP contribution is -2.20. The average molecular weight is 294 g/mol. The number of nitrogens with zero attached hydrogens (tertiary/aromatic N) is 2. The number of hydrogen-bond donors (Lipinski definition) is 2. The van der Waals surface area contributed by atoms with E-state index in [9.17, 15) is 13.2 Å². The second-order valence-electron chi connectivity index (χ2n) is 4.03. The molecule has 0 saturated carbocycles. The van der Waals surface area contributed by atoms with E-state index in [2.05, 4.69) is 22.2 Å². The highest BCUT2D eigenvalue weighted by Gasteiger charge is 2.35. The molecule has 108 valence electrons. The molecule has 1 atom stereocenters. The van der Waals surface area contributed by atoms with E-state index in [1.54, 1.807) is 11.8 Å². The van der Waals surface area contributed by atoms with Crippen molar-refractivity contribution >= 4 is 23.4 Å². The second-order valence-corrected chi connectivity index (χ2v) is 5.42. The Morgan fingerprint density at radius 3 is 2.68 bits per heavy atom. The summed E-state index contributed by atoms with van der Waals surface area (Å²) in [7, 11) is 0. The number of nitrogen functional groups attached to an aromatic ring is 1. The minimum atomic E-state index is -4.59. The first-order chi connectivity index (χ1) is 8.82. The first-order valence-corrected chi connectivity index (χ1v) is 7.04. The number of nitrogens with two attached hydrogens (primary N) is 1. The van der Waals surface area contributed by atoms with Crippen LogP contribution in [0.25, 0.3) is 0 Å². The van der Waals surface area contributed by atoms with Crippen molar-refractivity contribution in [1.82, 2.24) is 9.97 Å². The largest absolute Gasteiger partial charge is 0.451 e. The predicted molar refractivity (Wildman–Crippen MR) is 72.1 cm³/mol. The fraction of sp³-hybridized carbons (Fsp3) is 0.636. The zero-order valence-corrected chi connectivity index (χ0v) is 11.6. The molecule has 0 aromatic carbocycles. The molecular formula is C11H17F3N4S. The second kappa shape index (κ2) is 6.83. The zero-order chi connectivity index (χ0) is 14.5. The normalized spacial score (nSPS) is 13.3. The molecule has 1 aromatic rings. The number of hydrogen-bond acceptors (Lipinski definition) is 5. The number of halogens is 3. The topological polar surface area (TPSA) is 63.8 Å². The SMILES string of the molecule is CCSCCC(C)Nc1cc(N)nc(C(F)(F)F)n1. The summed E-state index contributed by atoms with van der Waals surface area (Å²) in [4.78, 5) is 6.62. The minimum absolute atomic E-state index is 0.0226. The van der Waals surface area contributed by atoms with Crippen molar-refractivity contribution in [2.45, 2.75) is 32.5 Å². The van der Waals surface area contributed by atoms with Gasteiger partial charge in [0.25, 0.3) is 0 Å². The third kappa shape index (κ3) is 5.54. The Morgan fingerprint density at radius 1 is 1.42 bits per heavy atom. The number of anilines is 2. The van der Waals surface area contributed by atoms with Crippen molar-refractivity contribution in [3.05, 3.63) is 11.9 Å². The maximum Gasteiger partial charge on any atom is 0.451 e. The van der Waals surface area contributed by atoms with Crippen LogP contribution < -0.4 is 11.1 Å². The molecule has 3 N–H and O–H groups in total. The molecule has 0 fully saturated rings. The Morgan fingerprint density at radius 2 is 2.11 bits per heavy atom. The summed E-state index contributed by atoms with van der Waals surface area (Å²) in [6.07, 6.45) is -3.75. The summed E-state index contributed by atoms with van der Waals surface area (Å²) < 4.78 is 37.6. The van der Waals surface area contributed by atoms with Gasteiger partial charge < -0.3 is 11.1 Å². The van der Waals surface area contributed by atoms with Gasteiger partial charge in [-0.05, 0) is 24.9 Å². The Kier molecular flexibility index (Phi) is 5.71. The van der Waals surface area contributed by atoms with E-state index in [1.165, 1.54) is 6.07 Å². The van der Waals surface area contributed by atoms with E-state index in [0.29, 0.717) is 0 Å². The van der Waals surface area contributed by atoms with Crippen LogP contribution in [0.15, 0.2) is 6.07 Å². The van der Waals surface area contributed by atoms with Crippen molar-refractivity contribution in [3.8, 4) is 0 Å². The van der Waals surface area contributed by atoms with Gasteiger partial charge in [-0.15, -0.1) is 0 Å². The van der Waals surface area contributed by atoms with Crippen molar-refractivity contribution in [3.63, 3.8) is 0 Å². The fourth-order valence-corrected chi connectivity index (χ4v) is 2.20. The van der Waals surface area contributed by atoms with Crippen LogP contribution in [0.5, 0.6) is 0 Å². The summed E-state index contributed by atoms with van der Waals surface area (Å²) in [5, 5.41) is 2.91. The summed E-state index contributed by atoms with van der Waals surface area (Å²) in [6.45, 7) is 3.95. The van der Waals surface area contributed by atoms with Crippen LogP contribution in [0.3, 0.4) is 0 Å². The smallest absolute Gasteiger partial charge is 0.384 e. The van der Waals surface area contributed by atoms with E-state index in [-0.39, 0.29) is 17.7 Å². The Hall–Kier alpha value is -1.18. The van der Waals surface area contributed by atoms with Crippen molar-refractivity contribution in [1.29, 1.82) is 0 Å². The molecule has 0 spiro atoms. The zero-order valence-electron chi connectivity index (χ0n) is 10.8. The highest BCUT2D eigenvalue weighted by Crippen LogP contribution is 2.27. The van der Waals surface area contributed by atoms with Crippen LogP contribution in [-0.2, 0) is 6.18 Å². The molecule has 0 aliphatic rings. The van der Waals surface area contributed by atoms with Gasteiger partial charge in [-0.2, -0.15) is 24.9 Å². The Bertz CT molecular complexity index is 411. The lowest BCUT2D eigenvalue weighted by atomic mass is 10.2. The number of alkyl halides is 3. The van der Waals surface area contributed by atoms with E-state index in [1.807, 2.05) is 6.92 Å². The first kappa shape index (κ1) is 15.9. The molecule has 1 rings (SSSR count). The van der Waals surface area contributed by atoms with Gasteiger partial charge >= 0.3 is 6.18 Å². The maximum absolute atomic E-state index is 12.5. The predicted octanol–water partition coefficient (Wildman–Crippen LogP) is 3.02. The maximum atomic E-state index is 12.5. The van der Waals surface area contributed by atoms with Gasteiger partial charge in [0.15, 0.2) is 0 Å². The lowest BCUT2D eigenvalue weighted by molar-refractivity contribution is -0.144. The minimum Gasteiger partial charge on any atom is -0.384 e.